The molecule has 0 aromatic rings. The Kier molecular flexibility index (Phi) is 7.43. The Balaban J connectivity index is 1.48. The minimum Gasteiger partial charge on any atom is -0.379 e. The fraction of sp³-hybridized carbons (Fsp3) is 1.00. The van der Waals surface area contributed by atoms with E-state index in [2.05, 4.69) is 66.0 Å². The normalized spacial score (nSPS) is 26.2. The van der Waals surface area contributed by atoms with Crippen molar-refractivity contribution in [2.24, 2.45) is 0 Å². The van der Waals surface area contributed by atoms with Crippen LogP contribution >= 0.6 is 0 Å². The van der Waals surface area contributed by atoms with E-state index in [9.17, 15) is 0 Å². The van der Waals surface area contributed by atoms with Crippen LogP contribution < -0.4 is 0 Å². The van der Waals surface area contributed by atoms with Crippen molar-refractivity contribution in [3.63, 3.8) is 0 Å². The minimum absolute atomic E-state index is 0.132. The van der Waals surface area contributed by atoms with E-state index >= 15 is 0 Å². The molecule has 3 rings (SSSR count). The molecule has 3 aliphatic heterocycles. The molecule has 0 spiro atoms. The van der Waals surface area contributed by atoms with Gasteiger partial charge in [-0.2, -0.15) is 0 Å². The van der Waals surface area contributed by atoms with Crippen molar-refractivity contribution in [2.75, 3.05) is 85.2 Å². The third-order valence-electron chi connectivity index (χ3n) is 7.44. The molecule has 3 saturated heterocycles. The summed E-state index contributed by atoms with van der Waals surface area (Å²) in [6, 6.07) is 0.679. The van der Waals surface area contributed by atoms with Gasteiger partial charge in [-0.3, -0.25) is 24.5 Å². The number of rotatable bonds is 6. The van der Waals surface area contributed by atoms with Crippen LogP contribution in [0.5, 0.6) is 0 Å². The van der Waals surface area contributed by atoms with Crippen LogP contribution in [0.1, 0.15) is 41.5 Å². The zero-order chi connectivity index (χ0) is 20.4. The van der Waals surface area contributed by atoms with E-state index in [-0.39, 0.29) is 11.2 Å². The van der Waals surface area contributed by atoms with Gasteiger partial charge in [-0.05, 0) is 41.5 Å². The van der Waals surface area contributed by atoms with E-state index < -0.39 is 0 Å². The molecule has 0 unspecified atom stereocenters. The maximum atomic E-state index is 5.56. The highest BCUT2D eigenvalue weighted by molar-refractivity contribution is 4.93. The smallest absolute Gasteiger partial charge is 0.0682 e. The predicted molar refractivity (Wildman–Crippen MR) is 117 cm³/mol. The molecule has 3 aliphatic rings. The summed E-state index contributed by atoms with van der Waals surface area (Å²) in [6.45, 7) is 28.9. The topological polar surface area (TPSA) is 25.4 Å². The van der Waals surface area contributed by atoms with Crippen molar-refractivity contribution in [1.82, 2.24) is 24.5 Å². The molecule has 0 aliphatic carbocycles. The Morgan fingerprint density at radius 1 is 0.679 bits per heavy atom. The first-order valence-corrected chi connectivity index (χ1v) is 11.5. The summed E-state index contributed by atoms with van der Waals surface area (Å²) in [5, 5.41) is 0. The zero-order valence-electron chi connectivity index (χ0n) is 19.4. The summed E-state index contributed by atoms with van der Waals surface area (Å²) in [5.41, 5.74) is 0.377. The Morgan fingerprint density at radius 2 is 1.18 bits per heavy atom. The molecule has 0 radical (unpaired) electrons. The van der Waals surface area contributed by atoms with E-state index in [0.29, 0.717) is 6.04 Å². The molecule has 6 heteroatoms. The number of hydrogen-bond acceptors (Lipinski definition) is 6. The molecule has 0 aromatic heterocycles. The average Bonchev–Trinajstić information content (AvgIpc) is 2.69. The first kappa shape index (κ1) is 22.4. The quantitative estimate of drug-likeness (QED) is 0.676. The minimum atomic E-state index is 0.132. The molecule has 0 atom stereocenters. The molecule has 0 amide bonds. The largest absolute Gasteiger partial charge is 0.379 e. The summed E-state index contributed by atoms with van der Waals surface area (Å²) in [6.07, 6.45) is 0. The van der Waals surface area contributed by atoms with Gasteiger partial charge >= 0.3 is 0 Å². The number of ether oxygens (including phenoxy) is 1. The number of piperazine rings is 2. The first-order valence-electron chi connectivity index (χ1n) is 11.5. The van der Waals surface area contributed by atoms with E-state index in [4.69, 9.17) is 4.74 Å². The lowest BCUT2D eigenvalue weighted by Gasteiger charge is -2.53. The summed E-state index contributed by atoms with van der Waals surface area (Å²) in [4.78, 5) is 13.3. The molecule has 6 nitrogen and oxygen atoms in total. The number of morpholine rings is 1. The Bertz CT molecular complexity index is 473. The summed E-state index contributed by atoms with van der Waals surface area (Å²) < 4.78 is 5.56. The predicted octanol–water partition coefficient (Wildman–Crippen LogP) is 1.48. The van der Waals surface area contributed by atoms with Gasteiger partial charge < -0.3 is 4.74 Å². The lowest BCUT2D eigenvalue weighted by Crippen LogP contribution is -2.66. The van der Waals surface area contributed by atoms with Crippen LogP contribution in [-0.4, -0.2) is 127 Å². The zero-order valence-corrected chi connectivity index (χ0v) is 19.4. The molecule has 0 saturated carbocycles. The second-order valence-corrected chi connectivity index (χ2v) is 10.3. The highest BCUT2D eigenvalue weighted by atomic mass is 16.5. The van der Waals surface area contributed by atoms with Crippen LogP contribution in [0.2, 0.25) is 0 Å². The second-order valence-electron chi connectivity index (χ2n) is 10.3. The van der Waals surface area contributed by atoms with Crippen molar-refractivity contribution in [1.29, 1.82) is 0 Å². The van der Waals surface area contributed by atoms with Crippen molar-refractivity contribution < 1.29 is 4.74 Å². The van der Waals surface area contributed by atoms with Gasteiger partial charge in [-0.15, -0.1) is 0 Å². The highest BCUT2D eigenvalue weighted by Crippen LogP contribution is 2.26. The maximum Gasteiger partial charge on any atom is 0.0682 e. The lowest BCUT2D eigenvalue weighted by molar-refractivity contribution is -0.103. The van der Waals surface area contributed by atoms with Crippen LogP contribution in [0, 0.1) is 0 Å². The van der Waals surface area contributed by atoms with Crippen molar-refractivity contribution in [3.05, 3.63) is 0 Å². The summed E-state index contributed by atoms with van der Waals surface area (Å²) >= 11 is 0. The van der Waals surface area contributed by atoms with Gasteiger partial charge in [0, 0.05) is 83.6 Å². The molecule has 3 heterocycles. The molecular weight excluding hydrogens is 350 g/mol. The monoisotopic (exact) mass is 395 g/mol. The molecule has 28 heavy (non-hydrogen) atoms. The van der Waals surface area contributed by atoms with Crippen LogP contribution in [0.25, 0.3) is 0 Å². The fourth-order valence-electron chi connectivity index (χ4n) is 5.25. The van der Waals surface area contributed by atoms with Gasteiger partial charge in [0.2, 0.25) is 0 Å². The molecular formula is C22H45N5O. The fourth-order valence-corrected chi connectivity index (χ4v) is 5.25. The molecule has 0 N–H and O–H groups in total. The van der Waals surface area contributed by atoms with Gasteiger partial charge in [0.15, 0.2) is 0 Å². The third-order valence-corrected chi connectivity index (χ3v) is 7.44. The number of nitrogens with zero attached hydrogens (tertiary/aromatic N) is 5. The van der Waals surface area contributed by atoms with E-state index in [0.717, 1.165) is 39.4 Å². The van der Waals surface area contributed by atoms with Gasteiger partial charge in [0.1, 0.15) is 0 Å². The van der Waals surface area contributed by atoms with Crippen molar-refractivity contribution in [2.45, 2.75) is 58.8 Å². The first-order chi connectivity index (χ1) is 13.2. The van der Waals surface area contributed by atoms with Gasteiger partial charge in [-0.25, -0.2) is 0 Å². The molecule has 0 aromatic carbocycles. The summed E-state index contributed by atoms with van der Waals surface area (Å²) in [5.74, 6) is 0. The van der Waals surface area contributed by atoms with Gasteiger partial charge in [0.25, 0.3) is 0 Å². The van der Waals surface area contributed by atoms with Crippen LogP contribution in [0.15, 0.2) is 0 Å². The Hall–Kier alpha value is -0.240. The lowest BCUT2D eigenvalue weighted by atomic mass is 9.99. The van der Waals surface area contributed by atoms with Gasteiger partial charge in [0.05, 0.1) is 18.9 Å². The number of hydrogen-bond donors (Lipinski definition) is 0. The van der Waals surface area contributed by atoms with Crippen LogP contribution in [-0.2, 0) is 4.74 Å². The van der Waals surface area contributed by atoms with Crippen LogP contribution in [0.4, 0.5) is 0 Å². The molecule has 164 valence electrons. The van der Waals surface area contributed by atoms with E-state index in [1.807, 2.05) is 0 Å². The Labute approximate surface area is 173 Å². The second kappa shape index (κ2) is 9.27. The molecule has 3 fully saturated rings. The van der Waals surface area contributed by atoms with E-state index in [1.54, 1.807) is 0 Å². The maximum absolute atomic E-state index is 5.56. The average molecular weight is 396 g/mol. The third kappa shape index (κ3) is 5.27. The van der Waals surface area contributed by atoms with Gasteiger partial charge in [-0.1, -0.05) is 0 Å². The summed E-state index contributed by atoms with van der Waals surface area (Å²) in [7, 11) is 0. The Morgan fingerprint density at radius 3 is 1.71 bits per heavy atom. The highest BCUT2D eigenvalue weighted by Gasteiger charge is 2.39. The van der Waals surface area contributed by atoms with Crippen molar-refractivity contribution in [3.8, 4) is 0 Å². The van der Waals surface area contributed by atoms with Crippen molar-refractivity contribution >= 4 is 0 Å². The standard InChI is InChI=1S/C22H45N5O/c1-20(2)24-9-7-23(8-10-24)19-21(3,4)25-11-13-26(14-12-25)22(5,6)27-15-17-28-18-16-27/h20H,7-19H2,1-6H3. The van der Waals surface area contributed by atoms with E-state index in [1.165, 1.54) is 45.8 Å². The van der Waals surface area contributed by atoms with Crippen LogP contribution in [0.3, 0.4) is 0 Å². The SMILES string of the molecule is CC(C)N1CCN(CC(C)(C)N2CCN(C(C)(C)N3CCOCC3)CC2)CC1. The molecule has 0 bridgehead atoms.